The van der Waals surface area contributed by atoms with Gasteiger partial charge in [-0.3, -0.25) is 4.79 Å². The van der Waals surface area contributed by atoms with Crippen molar-refractivity contribution in [3.63, 3.8) is 0 Å². The Kier molecular flexibility index (Phi) is 4.67. The van der Waals surface area contributed by atoms with Crippen molar-refractivity contribution in [3.05, 3.63) is 81.6 Å². The maximum absolute atomic E-state index is 12.6. The van der Waals surface area contributed by atoms with Crippen LogP contribution in [0.5, 0.6) is 0 Å². The molecule has 1 amide bonds. The third kappa shape index (κ3) is 3.32. The number of nitrogens with one attached hydrogen (secondary N) is 1. The second kappa shape index (κ2) is 7.25. The van der Waals surface area contributed by atoms with Gasteiger partial charge in [0, 0.05) is 15.7 Å². The highest BCUT2D eigenvalue weighted by Gasteiger charge is 2.26. The minimum absolute atomic E-state index is 0.272. The monoisotopic (exact) mass is 408 g/mol. The molecule has 0 aliphatic heterocycles. The van der Waals surface area contributed by atoms with Gasteiger partial charge in [0.2, 0.25) is 0 Å². The average molecular weight is 409 g/mol. The lowest BCUT2D eigenvalue weighted by molar-refractivity contribution is 0.0949. The van der Waals surface area contributed by atoms with Crippen LogP contribution < -0.4 is 5.43 Å². The van der Waals surface area contributed by atoms with Crippen molar-refractivity contribution in [3.8, 4) is 5.69 Å². The summed E-state index contributed by atoms with van der Waals surface area (Å²) in [6.45, 7) is 0. The van der Waals surface area contributed by atoms with Gasteiger partial charge in [-0.25, -0.2) is 10.1 Å². The Morgan fingerprint density at radius 3 is 2.65 bits per heavy atom. The molecule has 2 aromatic carbocycles. The summed E-state index contributed by atoms with van der Waals surface area (Å²) in [5.74, 6) is -0.272. The Hall–Kier alpha value is -2.73. The van der Waals surface area contributed by atoms with E-state index in [2.05, 4.69) is 31.6 Å². The number of carbonyl (C=O) groups excluding carboxylic acids is 1. The first-order valence-corrected chi connectivity index (χ1v) is 9.27. The lowest BCUT2D eigenvalue weighted by Gasteiger charge is -2.04. The number of halogens is 1. The third-order valence-corrected chi connectivity index (χ3v) is 4.92. The van der Waals surface area contributed by atoms with Crippen LogP contribution in [0.3, 0.4) is 0 Å². The van der Waals surface area contributed by atoms with Crippen LogP contribution in [-0.2, 0) is 12.8 Å². The highest BCUT2D eigenvalue weighted by Crippen LogP contribution is 2.27. The molecule has 0 spiro atoms. The summed E-state index contributed by atoms with van der Waals surface area (Å²) in [5.41, 5.74) is 7.11. The summed E-state index contributed by atoms with van der Waals surface area (Å²) in [7, 11) is 0. The van der Waals surface area contributed by atoms with E-state index in [4.69, 9.17) is 0 Å². The molecule has 0 saturated heterocycles. The Labute approximate surface area is 159 Å². The molecule has 0 unspecified atom stereocenters. The maximum Gasteiger partial charge on any atom is 0.292 e. The zero-order valence-corrected chi connectivity index (χ0v) is 15.6. The van der Waals surface area contributed by atoms with E-state index < -0.39 is 0 Å². The Balaban J connectivity index is 1.56. The largest absolute Gasteiger partial charge is 0.292 e. The maximum atomic E-state index is 12.6. The van der Waals surface area contributed by atoms with Crippen molar-refractivity contribution in [1.82, 2.24) is 15.2 Å². The Bertz CT molecular complexity index is 961. The second-order valence-corrected chi connectivity index (χ2v) is 7.04. The van der Waals surface area contributed by atoms with Crippen LogP contribution >= 0.6 is 15.9 Å². The molecule has 0 fully saturated rings. The molecule has 4 rings (SSSR count). The van der Waals surface area contributed by atoms with Crippen molar-refractivity contribution in [1.29, 1.82) is 0 Å². The zero-order chi connectivity index (χ0) is 17.9. The fourth-order valence-corrected chi connectivity index (χ4v) is 3.43. The highest BCUT2D eigenvalue weighted by atomic mass is 79.9. The van der Waals surface area contributed by atoms with Gasteiger partial charge in [0.05, 0.1) is 11.9 Å². The molecular weight excluding hydrogens is 392 g/mol. The van der Waals surface area contributed by atoms with Gasteiger partial charge in [-0.05, 0) is 49.1 Å². The molecule has 1 aliphatic rings. The molecule has 3 aromatic rings. The van der Waals surface area contributed by atoms with Crippen molar-refractivity contribution in [2.45, 2.75) is 19.3 Å². The van der Waals surface area contributed by atoms with E-state index in [1.54, 1.807) is 6.21 Å². The number of rotatable bonds is 4. The lowest BCUT2D eigenvalue weighted by Crippen LogP contribution is -2.20. The van der Waals surface area contributed by atoms with Crippen molar-refractivity contribution < 1.29 is 4.79 Å². The highest BCUT2D eigenvalue weighted by molar-refractivity contribution is 9.10. The van der Waals surface area contributed by atoms with E-state index in [0.717, 1.165) is 46.2 Å². The van der Waals surface area contributed by atoms with Crippen LogP contribution in [0, 0.1) is 0 Å². The Morgan fingerprint density at radius 1 is 1.12 bits per heavy atom. The molecular formula is C20H17BrN4O. The molecule has 1 aliphatic carbocycles. The smallest absolute Gasteiger partial charge is 0.265 e. The van der Waals surface area contributed by atoms with Gasteiger partial charge in [-0.15, -0.1) is 0 Å². The van der Waals surface area contributed by atoms with Gasteiger partial charge < -0.3 is 0 Å². The summed E-state index contributed by atoms with van der Waals surface area (Å²) >= 11 is 3.39. The molecule has 1 N–H and O–H groups in total. The number of fused-ring (bicyclic) bond motifs is 1. The molecule has 26 heavy (non-hydrogen) atoms. The molecule has 5 nitrogen and oxygen atoms in total. The van der Waals surface area contributed by atoms with Crippen molar-refractivity contribution in [2.24, 2.45) is 5.10 Å². The SMILES string of the molecule is O=C(N/N=C/c1ccc(Br)cc1)c1nn(-c2ccccc2)c2c1CCC2. The lowest BCUT2D eigenvalue weighted by atomic mass is 10.2. The minimum atomic E-state index is -0.272. The number of hydrogen-bond acceptors (Lipinski definition) is 3. The fourth-order valence-electron chi connectivity index (χ4n) is 3.17. The van der Waals surface area contributed by atoms with Gasteiger partial charge in [0.25, 0.3) is 5.91 Å². The minimum Gasteiger partial charge on any atom is -0.265 e. The third-order valence-electron chi connectivity index (χ3n) is 4.40. The van der Waals surface area contributed by atoms with Crippen LogP contribution in [0.1, 0.15) is 33.7 Å². The van der Waals surface area contributed by atoms with Gasteiger partial charge in [-0.2, -0.15) is 10.2 Å². The van der Waals surface area contributed by atoms with E-state index in [-0.39, 0.29) is 5.91 Å². The fraction of sp³-hybridized carbons (Fsp3) is 0.150. The van der Waals surface area contributed by atoms with E-state index in [9.17, 15) is 4.79 Å². The second-order valence-electron chi connectivity index (χ2n) is 6.13. The summed E-state index contributed by atoms with van der Waals surface area (Å²) < 4.78 is 2.89. The summed E-state index contributed by atoms with van der Waals surface area (Å²) in [6.07, 6.45) is 4.48. The standard InChI is InChI=1S/C20H17BrN4O/c21-15-11-9-14(10-12-15)13-22-23-20(26)19-17-7-4-8-18(17)25(24-19)16-5-2-1-3-6-16/h1-3,5-6,9-13H,4,7-8H2,(H,23,26)/b22-13+. The summed E-state index contributed by atoms with van der Waals surface area (Å²) in [4.78, 5) is 12.6. The number of hydrazone groups is 1. The predicted octanol–water partition coefficient (Wildman–Crippen LogP) is 3.89. The quantitative estimate of drug-likeness (QED) is 0.525. The van der Waals surface area contributed by atoms with Crippen LogP contribution in [0.4, 0.5) is 0 Å². The topological polar surface area (TPSA) is 59.3 Å². The van der Waals surface area contributed by atoms with Crippen LogP contribution in [0.2, 0.25) is 0 Å². The normalized spacial score (nSPS) is 13.1. The molecule has 0 radical (unpaired) electrons. The molecule has 0 bridgehead atoms. The molecule has 1 aromatic heterocycles. The van der Waals surface area contributed by atoms with E-state index in [1.165, 1.54) is 0 Å². The number of nitrogens with zero attached hydrogens (tertiary/aromatic N) is 3. The van der Waals surface area contributed by atoms with Crippen LogP contribution in [0.25, 0.3) is 5.69 Å². The number of amides is 1. The van der Waals surface area contributed by atoms with Crippen LogP contribution in [-0.4, -0.2) is 21.9 Å². The molecule has 1 heterocycles. The number of benzene rings is 2. The first kappa shape index (κ1) is 16.7. The predicted molar refractivity (Wildman–Crippen MR) is 105 cm³/mol. The first-order valence-electron chi connectivity index (χ1n) is 8.47. The van der Waals surface area contributed by atoms with Gasteiger partial charge in [0.15, 0.2) is 5.69 Å². The zero-order valence-electron chi connectivity index (χ0n) is 14.0. The summed E-state index contributed by atoms with van der Waals surface area (Å²) in [5, 5.41) is 8.63. The van der Waals surface area contributed by atoms with Crippen LogP contribution in [0.15, 0.2) is 64.2 Å². The number of hydrogen-bond donors (Lipinski definition) is 1. The Morgan fingerprint density at radius 2 is 1.88 bits per heavy atom. The number of carbonyl (C=O) groups is 1. The van der Waals surface area contributed by atoms with Gasteiger partial charge >= 0.3 is 0 Å². The van der Waals surface area contributed by atoms with Crippen molar-refractivity contribution in [2.75, 3.05) is 0 Å². The molecule has 0 atom stereocenters. The summed E-state index contributed by atoms with van der Waals surface area (Å²) in [6, 6.07) is 17.6. The number of para-hydroxylation sites is 1. The van der Waals surface area contributed by atoms with Gasteiger partial charge in [-0.1, -0.05) is 46.3 Å². The molecule has 6 heteroatoms. The van der Waals surface area contributed by atoms with E-state index >= 15 is 0 Å². The van der Waals surface area contributed by atoms with E-state index in [1.807, 2.05) is 59.3 Å². The molecule has 0 saturated carbocycles. The first-order chi connectivity index (χ1) is 12.7. The van der Waals surface area contributed by atoms with E-state index in [0.29, 0.717) is 5.69 Å². The molecule has 130 valence electrons. The number of aromatic nitrogens is 2. The average Bonchev–Trinajstić information content (AvgIpc) is 3.26. The van der Waals surface area contributed by atoms with Gasteiger partial charge in [0.1, 0.15) is 0 Å². The van der Waals surface area contributed by atoms with Crippen molar-refractivity contribution >= 4 is 28.1 Å².